The van der Waals surface area contributed by atoms with E-state index in [0.29, 0.717) is 0 Å². The van der Waals surface area contributed by atoms with Gasteiger partial charge in [0, 0.05) is 0 Å². The summed E-state index contributed by atoms with van der Waals surface area (Å²) >= 11 is 1.55. The van der Waals surface area contributed by atoms with Crippen LogP contribution in [0.25, 0.3) is 8.85 Å². The Labute approximate surface area is 216 Å². The van der Waals surface area contributed by atoms with Crippen molar-refractivity contribution in [3.63, 3.8) is 0 Å². The second kappa shape index (κ2) is 10.5. The summed E-state index contributed by atoms with van der Waals surface area (Å²) in [6.45, 7) is 11.9. The van der Waals surface area contributed by atoms with E-state index in [1.807, 2.05) is 0 Å². The molecule has 3 aliphatic carbocycles. The summed E-state index contributed by atoms with van der Waals surface area (Å²) in [5.74, 6) is 0. The molecule has 4 rings (SSSR count). The Hall–Kier alpha value is -0.617. The Kier molecular flexibility index (Phi) is 9.06. The fourth-order valence-corrected chi connectivity index (χ4v) is 7.22. The molecule has 0 fully saturated rings. The second-order valence-corrected chi connectivity index (χ2v) is 9.74. The molecule has 163 valence electrons. The Morgan fingerprint density at radius 1 is 0.871 bits per heavy atom. The molecule has 0 unspecified atom stereocenters. The molecule has 0 bridgehead atoms. The van der Waals surface area contributed by atoms with Crippen LogP contribution in [-0.2, 0) is 31.1 Å². The van der Waals surface area contributed by atoms with E-state index in [-0.39, 0.29) is 30.2 Å². The van der Waals surface area contributed by atoms with Gasteiger partial charge in [-0.05, 0) is 0 Å². The summed E-state index contributed by atoms with van der Waals surface area (Å²) in [6.07, 6.45) is 13.9. The summed E-state index contributed by atoms with van der Waals surface area (Å²) in [7, 11) is 0. The third kappa shape index (κ3) is 3.88. The van der Waals surface area contributed by atoms with Gasteiger partial charge in [-0.3, -0.25) is 0 Å². The molecule has 31 heavy (non-hydrogen) atoms. The summed E-state index contributed by atoms with van der Waals surface area (Å²) < 4.78 is 1.59. The zero-order chi connectivity index (χ0) is 20.8. The van der Waals surface area contributed by atoms with E-state index in [9.17, 15) is 0 Å². The zero-order valence-corrected chi connectivity index (χ0v) is 23.4. The molecule has 1 aromatic carbocycles. The first-order valence-corrected chi connectivity index (χ1v) is 12.7. The monoisotopic (exact) mass is 529 g/mol. The molecular weight excluding hydrogens is 498 g/mol. The van der Waals surface area contributed by atoms with Crippen molar-refractivity contribution in [1.82, 2.24) is 0 Å². The molecule has 3 heteroatoms. The number of fused-ring (bicyclic) bond motifs is 2. The number of hydrogen-bond acceptors (Lipinski definition) is 0. The molecule has 0 aromatic heterocycles. The largest absolute Gasteiger partial charge is 1.00 e. The Morgan fingerprint density at radius 2 is 1.58 bits per heavy atom. The van der Waals surface area contributed by atoms with Crippen molar-refractivity contribution in [2.45, 2.75) is 73.1 Å². The molecule has 0 N–H and O–H groups in total. The maximum absolute atomic E-state index is 2.48. The molecule has 0 atom stereocenters. The first-order chi connectivity index (χ1) is 14.1. The third-order valence-electron chi connectivity index (χ3n) is 7.51. The van der Waals surface area contributed by atoms with Gasteiger partial charge in [-0.2, -0.15) is 0 Å². The Bertz CT molecular complexity index is 1110. The minimum Gasteiger partial charge on any atom is -1.00 e. The van der Waals surface area contributed by atoms with Gasteiger partial charge in [0.2, 0.25) is 0 Å². The van der Waals surface area contributed by atoms with Crippen molar-refractivity contribution < 1.29 is 49.5 Å². The van der Waals surface area contributed by atoms with Gasteiger partial charge in [0.25, 0.3) is 0 Å². The van der Waals surface area contributed by atoms with E-state index in [2.05, 4.69) is 71.0 Å². The maximum atomic E-state index is 2.48. The average molecular weight is 532 g/mol. The zero-order valence-electron chi connectivity index (χ0n) is 19.5. The van der Waals surface area contributed by atoms with Crippen LogP contribution in [-0.4, -0.2) is 0 Å². The van der Waals surface area contributed by atoms with Gasteiger partial charge in [0.05, 0.1) is 0 Å². The van der Waals surface area contributed by atoms with Gasteiger partial charge < -0.3 is 24.8 Å². The van der Waals surface area contributed by atoms with Crippen LogP contribution in [0, 0.1) is 5.41 Å². The molecule has 3 aliphatic rings. The quantitative estimate of drug-likeness (QED) is 0.492. The minimum atomic E-state index is 0. The summed E-state index contributed by atoms with van der Waals surface area (Å²) in [5.41, 5.74) is 11.4. The van der Waals surface area contributed by atoms with Crippen LogP contribution in [0.5, 0.6) is 0 Å². The van der Waals surface area contributed by atoms with Crippen molar-refractivity contribution in [2.75, 3.05) is 0 Å². The molecule has 0 nitrogen and oxygen atoms in total. The van der Waals surface area contributed by atoms with Gasteiger partial charge >= 0.3 is 192 Å². The molecule has 1 aromatic rings. The van der Waals surface area contributed by atoms with Crippen molar-refractivity contribution >= 4 is 8.85 Å². The average Bonchev–Trinajstić information content (AvgIpc) is 3.38. The van der Waals surface area contributed by atoms with Crippen molar-refractivity contribution in [1.29, 1.82) is 0 Å². The van der Waals surface area contributed by atoms with Gasteiger partial charge in [-0.1, -0.05) is 0 Å². The minimum absolute atomic E-state index is 0. The molecule has 0 aliphatic heterocycles. The van der Waals surface area contributed by atoms with Crippen LogP contribution >= 0.6 is 0 Å². The van der Waals surface area contributed by atoms with Crippen molar-refractivity contribution in [3.05, 3.63) is 80.3 Å². The molecule has 0 amide bonds. The molecule has 0 saturated carbocycles. The van der Waals surface area contributed by atoms with Gasteiger partial charge in [-0.25, -0.2) is 0 Å². The molecular formula is C28H33Cl2Zr. The van der Waals surface area contributed by atoms with Gasteiger partial charge in [-0.15, -0.1) is 0 Å². The molecule has 0 saturated heterocycles. The summed E-state index contributed by atoms with van der Waals surface area (Å²) in [5, 5.41) is 3.01. The Morgan fingerprint density at radius 3 is 2.10 bits per heavy atom. The molecule has 0 spiro atoms. The van der Waals surface area contributed by atoms with Gasteiger partial charge in [0.15, 0.2) is 0 Å². The van der Waals surface area contributed by atoms with Crippen LogP contribution in [0.4, 0.5) is 0 Å². The molecule has 0 radical (unpaired) electrons. The summed E-state index contributed by atoms with van der Waals surface area (Å²) in [6, 6.07) is 7.26. The van der Waals surface area contributed by atoms with E-state index in [1.165, 1.54) is 28.8 Å². The standard InChI is InChI=1S/C28H33.2ClH.Zr/c1-6-19-15-16-23-21(17-19)18-24-26(23)22(7-2)25(8-3)28(9-4,10-5)27(24)20-13-11-12-14-20;;;/h11-13,15-17H,6-10,14H2,1-5H3;2*1H;/q;;;+2/p-2. The van der Waals surface area contributed by atoms with Crippen molar-refractivity contribution in [2.24, 2.45) is 5.41 Å². The number of benzene rings is 1. The fraction of sp³-hybridized carbons (Fsp3) is 0.429. The second-order valence-electron chi connectivity index (χ2n) is 8.51. The van der Waals surface area contributed by atoms with E-state index in [4.69, 9.17) is 0 Å². The predicted octanol–water partition coefficient (Wildman–Crippen LogP) is 0.196. The maximum Gasteiger partial charge on any atom is -1.00 e. The number of aryl methyl sites for hydroxylation is 1. The van der Waals surface area contributed by atoms with E-state index in [0.717, 1.165) is 25.7 Å². The van der Waals surface area contributed by atoms with Crippen LogP contribution < -0.4 is 35.3 Å². The number of rotatable bonds is 6. The number of allylic oxidation sites excluding steroid dienone is 8. The topological polar surface area (TPSA) is 0 Å². The molecule has 0 heterocycles. The van der Waals surface area contributed by atoms with Crippen LogP contribution in [0.15, 0.2) is 64.3 Å². The number of hydrogen-bond donors (Lipinski definition) is 0. The van der Waals surface area contributed by atoms with Crippen LogP contribution in [0.3, 0.4) is 0 Å². The SMILES string of the molecule is CCC1=C(CC)C(CC)(CC)C(C2=CC=CC2)=C2[C]([Zr+2])=c3cc(CC)ccc3=C12.[Cl-].[Cl-]. The number of halogens is 2. The van der Waals surface area contributed by atoms with Crippen LogP contribution in [0.2, 0.25) is 0 Å². The first kappa shape index (κ1) is 26.6. The van der Waals surface area contributed by atoms with Crippen LogP contribution in [0.1, 0.15) is 72.3 Å². The van der Waals surface area contributed by atoms with E-state index < -0.39 is 0 Å². The normalized spacial score (nSPS) is 18.6. The summed E-state index contributed by atoms with van der Waals surface area (Å²) in [4.78, 5) is 0. The Balaban J connectivity index is 0.00000171. The third-order valence-corrected chi connectivity index (χ3v) is 8.79. The first-order valence-electron chi connectivity index (χ1n) is 11.5. The fourth-order valence-electron chi connectivity index (χ4n) is 6.10. The van der Waals surface area contributed by atoms with E-state index >= 15 is 0 Å². The van der Waals surface area contributed by atoms with Gasteiger partial charge in [0.1, 0.15) is 0 Å². The van der Waals surface area contributed by atoms with E-state index in [1.54, 1.807) is 61.4 Å². The van der Waals surface area contributed by atoms with Crippen molar-refractivity contribution in [3.8, 4) is 0 Å². The smallest absolute Gasteiger partial charge is 1.00 e. The predicted molar refractivity (Wildman–Crippen MR) is 121 cm³/mol.